The Kier molecular flexibility index (Phi) is 7.25. The minimum Gasteiger partial charge on any atom is -0.462 e. The number of nitrogen functional groups attached to an aromatic ring is 1. The van der Waals surface area contributed by atoms with E-state index in [1.54, 1.807) is 26.0 Å². The topological polar surface area (TPSA) is 101 Å². The molecule has 0 spiro atoms. The summed E-state index contributed by atoms with van der Waals surface area (Å²) in [7, 11) is 0. The summed E-state index contributed by atoms with van der Waals surface area (Å²) in [6.07, 6.45) is 1.34. The lowest BCUT2D eigenvalue weighted by molar-refractivity contribution is -0.135. The van der Waals surface area contributed by atoms with Crippen molar-refractivity contribution in [1.29, 1.82) is 0 Å². The number of carbonyl (C=O) groups excluding carboxylic acids is 3. The number of halogens is 2. The molecular weight excluding hydrogens is 490 g/mol. The predicted octanol–water partition coefficient (Wildman–Crippen LogP) is 3.15. The molecule has 0 bridgehead atoms. The number of carbonyl (C=O) groups is 3. The van der Waals surface area contributed by atoms with E-state index < -0.39 is 34.7 Å². The molecule has 4 rings (SSSR count). The lowest BCUT2D eigenvalue weighted by atomic mass is 10.1. The molecule has 10 heteroatoms. The van der Waals surface area contributed by atoms with Gasteiger partial charge in [0.2, 0.25) is 5.91 Å². The highest BCUT2D eigenvalue weighted by atomic mass is 32.2. The molecule has 7 nitrogen and oxygen atoms in total. The molecule has 1 aliphatic heterocycles. The maximum absolute atomic E-state index is 14.7. The first-order valence-corrected chi connectivity index (χ1v) is 12.0. The van der Waals surface area contributed by atoms with Gasteiger partial charge in [0.1, 0.15) is 21.8 Å². The molecule has 0 aliphatic carbocycles. The average Bonchev–Trinajstić information content (AvgIpc) is 3.14. The molecule has 0 fully saturated rings. The third-order valence-corrected chi connectivity index (χ3v) is 6.75. The SMILES string of the molecule is CCOC(=O)C1=c2/c(=C/c3ccccc3F)c(N)c(C(=O)OCC)n2C(=O)C(c2ccccc2F)S1. The molecule has 1 unspecified atom stereocenters. The maximum atomic E-state index is 14.7. The Morgan fingerprint density at radius 2 is 1.61 bits per heavy atom. The zero-order valence-corrected chi connectivity index (χ0v) is 20.2. The Hall–Kier alpha value is -3.92. The Morgan fingerprint density at radius 1 is 1.00 bits per heavy atom. The van der Waals surface area contributed by atoms with Crippen LogP contribution >= 0.6 is 11.8 Å². The van der Waals surface area contributed by atoms with Gasteiger partial charge in [-0.2, -0.15) is 0 Å². The van der Waals surface area contributed by atoms with Crippen LogP contribution in [0.15, 0.2) is 48.5 Å². The number of benzene rings is 2. The van der Waals surface area contributed by atoms with Crippen LogP contribution in [0.1, 0.15) is 45.5 Å². The van der Waals surface area contributed by atoms with Crippen molar-refractivity contribution in [2.24, 2.45) is 0 Å². The van der Waals surface area contributed by atoms with Crippen molar-refractivity contribution >= 4 is 46.3 Å². The fourth-order valence-electron chi connectivity index (χ4n) is 3.91. The maximum Gasteiger partial charge on any atom is 0.357 e. The molecular formula is C26H22F2N2O5S. The summed E-state index contributed by atoms with van der Waals surface area (Å²) in [6.45, 7) is 3.19. The van der Waals surface area contributed by atoms with E-state index in [1.807, 2.05) is 0 Å². The molecule has 0 saturated carbocycles. The summed E-state index contributed by atoms with van der Waals surface area (Å²) in [5, 5.41) is -1.20. The second-order valence-corrected chi connectivity index (χ2v) is 8.77. The van der Waals surface area contributed by atoms with Crippen LogP contribution in [0.3, 0.4) is 0 Å². The fourth-order valence-corrected chi connectivity index (χ4v) is 5.14. The van der Waals surface area contributed by atoms with E-state index in [4.69, 9.17) is 15.2 Å². The first-order chi connectivity index (χ1) is 17.3. The zero-order valence-electron chi connectivity index (χ0n) is 19.4. The molecule has 3 aromatic rings. The third-order valence-electron chi connectivity index (χ3n) is 5.47. The lowest BCUT2D eigenvalue weighted by Gasteiger charge is -2.23. The van der Waals surface area contributed by atoms with Gasteiger partial charge >= 0.3 is 11.9 Å². The van der Waals surface area contributed by atoms with Crippen LogP contribution in [-0.2, 0) is 14.3 Å². The van der Waals surface area contributed by atoms with Crippen LogP contribution in [0.2, 0.25) is 0 Å². The number of aromatic nitrogens is 1. The first kappa shape index (κ1) is 25.2. The number of hydrogen-bond acceptors (Lipinski definition) is 7. The highest BCUT2D eigenvalue weighted by molar-refractivity contribution is 8.10. The summed E-state index contributed by atoms with van der Waals surface area (Å²) < 4.78 is 40.6. The van der Waals surface area contributed by atoms with Crippen LogP contribution in [0, 0.1) is 11.6 Å². The highest BCUT2D eigenvalue weighted by Crippen LogP contribution is 2.40. The lowest BCUT2D eigenvalue weighted by Crippen LogP contribution is -2.43. The number of nitrogens with zero attached hydrogens (tertiary/aromatic N) is 1. The molecule has 36 heavy (non-hydrogen) atoms. The van der Waals surface area contributed by atoms with Gasteiger partial charge in [0.15, 0.2) is 5.69 Å². The van der Waals surface area contributed by atoms with Crippen LogP contribution in [0.4, 0.5) is 14.5 Å². The molecule has 1 aliphatic rings. The molecule has 0 radical (unpaired) electrons. The van der Waals surface area contributed by atoms with Crippen LogP contribution < -0.4 is 16.3 Å². The molecule has 0 saturated heterocycles. The highest BCUT2D eigenvalue weighted by Gasteiger charge is 2.39. The third kappa shape index (κ3) is 4.39. The van der Waals surface area contributed by atoms with Crippen molar-refractivity contribution in [2.75, 3.05) is 18.9 Å². The van der Waals surface area contributed by atoms with Crippen molar-refractivity contribution in [3.63, 3.8) is 0 Å². The van der Waals surface area contributed by atoms with Gasteiger partial charge in [0.25, 0.3) is 0 Å². The largest absolute Gasteiger partial charge is 0.462 e. The minimum atomic E-state index is -1.22. The van der Waals surface area contributed by atoms with E-state index >= 15 is 0 Å². The monoisotopic (exact) mass is 512 g/mol. The molecule has 1 aromatic heterocycles. The zero-order chi connectivity index (χ0) is 26.0. The number of hydrogen-bond donors (Lipinski definition) is 1. The number of anilines is 1. The van der Waals surface area contributed by atoms with Crippen molar-refractivity contribution in [3.05, 3.63) is 87.6 Å². The summed E-state index contributed by atoms with van der Waals surface area (Å²) in [5.41, 5.74) is 5.97. The van der Waals surface area contributed by atoms with Crippen LogP contribution in [0.5, 0.6) is 0 Å². The fraction of sp³-hybridized carbons (Fsp3) is 0.192. The van der Waals surface area contributed by atoms with E-state index in [0.29, 0.717) is 0 Å². The van der Waals surface area contributed by atoms with Gasteiger partial charge in [0, 0.05) is 16.3 Å². The van der Waals surface area contributed by atoms with Crippen molar-refractivity contribution in [2.45, 2.75) is 19.1 Å². The van der Waals surface area contributed by atoms with Crippen LogP contribution in [0.25, 0.3) is 11.0 Å². The quantitative estimate of drug-likeness (QED) is 0.507. The molecule has 2 heterocycles. The molecule has 2 N–H and O–H groups in total. The van der Waals surface area contributed by atoms with Gasteiger partial charge in [-0.25, -0.2) is 18.4 Å². The van der Waals surface area contributed by atoms with Gasteiger partial charge in [0.05, 0.1) is 24.3 Å². The van der Waals surface area contributed by atoms with Crippen molar-refractivity contribution in [3.8, 4) is 0 Å². The molecule has 2 aromatic carbocycles. The van der Waals surface area contributed by atoms with Gasteiger partial charge in [-0.3, -0.25) is 9.36 Å². The summed E-state index contributed by atoms with van der Waals surface area (Å²) >= 11 is 0.784. The van der Waals surface area contributed by atoms with E-state index in [1.165, 1.54) is 42.5 Å². The number of rotatable bonds is 6. The van der Waals surface area contributed by atoms with Crippen molar-refractivity contribution < 1.29 is 32.6 Å². The average molecular weight is 513 g/mol. The van der Waals surface area contributed by atoms with Gasteiger partial charge in [-0.05, 0) is 32.1 Å². The minimum absolute atomic E-state index is 0.0146. The Balaban J connectivity index is 2.13. The Morgan fingerprint density at radius 3 is 2.25 bits per heavy atom. The standard InChI is InChI=1S/C26H22F2N2O5S/c1-3-34-25(32)21-19(29)16(13-14-9-5-7-11-17(14)27)20-23(26(33)35-4-2)36-22(24(31)30(20)21)15-10-6-8-12-18(15)28/h5-13,22H,3-4,29H2,1-2H3/b16-13+. The summed E-state index contributed by atoms with van der Waals surface area (Å²) in [5.74, 6) is -3.66. The normalized spacial score (nSPS) is 15.6. The van der Waals surface area contributed by atoms with Gasteiger partial charge < -0.3 is 15.2 Å². The molecule has 1 atom stereocenters. The van der Waals surface area contributed by atoms with Gasteiger partial charge in [-0.15, -0.1) is 0 Å². The summed E-state index contributed by atoms with van der Waals surface area (Å²) in [6, 6.07) is 11.5. The summed E-state index contributed by atoms with van der Waals surface area (Å²) in [4.78, 5) is 39.7. The number of esters is 2. The number of fused-ring (bicyclic) bond motifs is 1. The van der Waals surface area contributed by atoms with Crippen LogP contribution in [-0.4, -0.2) is 35.6 Å². The first-order valence-electron chi connectivity index (χ1n) is 11.1. The molecule has 186 valence electrons. The predicted molar refractivity (Wildman–Crippen MR) is 131 cm³/mol. The van der Waals surface area contributed by atoms with E-state index in [0.717, 1.165) is 16.3 Å². The number of ether oxygens (including phenoxy) is 2. The smallest absolute Gasteiger partial charge is 0.357 e. The van der Waals surface area contributed by atoms with E-state index in [9.17, 15) is 23.2 Å². The molecule has 0 amide bonds. The van der Waals surface area contributed by atoms with Crippen molar-refractivity contribution in [1.82, 2.24) is 4.57 Å². The Bertz CT molecular complexity index is 1500. The number of nitrogens with two attached hydrogens (primary N) is 1. The van der Waals surface area contributed by atoms with Gasteiger partial charge in [-0.1, -0.05) is 48.2 Å². The second kappa shape index (κ2) is 10.4. The van der Waals surface area contributed by atoms with E-state index in [-0.39, 0.29) is 51.2 Å². The second-order valence-electron chi connectivity index (χ2n) is 7.65. The van der Waals surface area contributed by atoms with E-state index in [2.05, 4.69) is 0 Å². The Labute approximate surface area is 209 Å². The number of thioether (sulfide) groups is 1.